The van der Waals surface area contributed by atoms with Crippen molar-refractivity contribution in [2.45, 2.75) is 24.6 Å². The van der Waals surface area contributed by atoms with Gasteiger partial charge in [-0.3, -0.25) is 4.79 Å². The first-order valence-electron chi connectivity index (χ1n) is 7.51. The third-order valence-electron chi connectivity index (χ3n) is 3.95. The van der Waals surface area contributed by atoms with Gasteiger partial charge in [0.2, 0.25) is 0 Å². The second kappa shape index (κ2) is 6.36. The monoisotopic (exact) mass is 344 g/mol. The zero-order chi connectivity index (χ0) is 18.0. The number of nitrogens with two attached hydrogens (primary N) is 1. The van der Waals surface area contributed by atoms with E-state index in [4.69, 9.17) is 10.5 Å². The molecule has 25 heavy (non-hydrogen) atoms. The molecule has 0 spiro atoms. The van der Waals surface area contributed by atoms with E-state index in [0.717, 1.165) is 5.56 Å². The van der Waals surface area contributed by atoms with Crippen LogP contribution in [-0.2, 0) is 27.2 Å². The molecule has 0 unspecified atom stereocenters. The van der Waals surface area contributed by atoms with Crippen LogP contribution in [0.15, 0.2) is 42.9 Å². The molecule has 1 saturated heterocycles. The van der Waals surface area contributed by atoms with Gasteiger partial charge in [0.1, 0.15) is 0 Å². The van der Waals surface area contributed by atoms with Crippen LogP contribution >= 0.6 is 0 Å². The molecule has 1 fully saturated rings. The van der Waals surface area contributed by atoms with Crippen molar-refractivity contribution in [1.29, 1.82) is 0 Å². The molecule has 1 aliphatic rings. The van der Waals surface area contributed by atoms with Gasteiger partial charge in [0.15, 0.2) is 0 Å². The number of cyclic esters (lactones) is 1. The molecule has 2 atom stereocenters. The number of carbonyl (C=O) groups is 3. The van der Waals surface area contributed by atoms with Gasteiger partial charge in [-0.05, 0) is 12.0 Å². The first kappa shape index (κ1) is 16.7. The molecule has 130 valence electrons. The fourth-order valence-corrected chi connectivity index (χ4v) is 2.70. The maximum Gasteiger partial charge on any atom is 0.423 e. The lowest BCUT2D eigenvalue weighted by Gasteiger charge is -2.46. The number of carboxylic acid groups (broad SMARTS) is 1. The Bertz CT molecular complexity index is 792. The fourth-order valence-electron chi connectivity index (χ4n) is 2.70. The van der Waals surface area contributed by atoms with Gasteiger partial charge in [0.05, 0.1) is 24.5 Å². The zero-order valence-corrected chi connectivity index (χ0v) is 13.1. The topological polar surface area (TPSA) is 139 Å². The molecule has 1 aromatic heterocycles. The van der Waals surface area contributed by atoms with Crippen molar-refractivity contribution < 1.29 is 24.2 Å². The number of benzene rings is 1. The second-order valence-electron chi connectivity index (χ2n) is 5.66. The summed E-state index contributed by atoms with van der Waals surface area (Å²) in [6, 6.07) is 7.91. The molecule has 0 aliphatic carbocycles. The highest BCUT2D eigenvalue weighted by molar-refractivity contribution is 6.05. The highest BCUT2D eigenvalue weighted by atomic mass is 16.7. The van der Waals surface area contributed by atoms with Crippen LogP contribution in [0.2, 0.25) is 0 Å². The highest BCUT2D eigenvalue weighted by Crippen LogP contribution is 2.34. The van der Waals surface area contributed by atoms with Crippen LogP contribution < -0.4 is 5.73 Å². The van der Waals surface area contributed by atoms with Gasteiger partial charge in [0.25, 0.3) is 5.91 Å². The normalized spacial score (nSPS) is 20.5. The number of H-pyrrole nitrogens is 1. The summed E-state index contributed by atoms with van der Waals surface area (Å²) in [5.41, 5.74) is 4.91. The quantitative estimate of drug-likeness (QED) is 0.684. The summed E-state index contributed by atoms with van der Waals surface area (Å²) in [6.07, 6.45) is 1.68. The van der Waals surface area contributed by atoms with Gasteiger partial charge in [-0.25, -0.2) is 14.6 Å². The number of nitrogens with one attached hydrogen (secondary N) is 1. The van der Waals surface area contributed by atoms with Gasteiger partial charge in [-0.2, -0.15) is 4.90 Å². The number of aromatic amines is 1. The predicted octanol–water partition coefficient (Wildman–Crippen LogP) is 0.282. The molecule has 0 radical (unpaired) electrons. The summed E-state index contributed by atoms with van der Waals surface area (Å²) in [5.74, 6) is -2.27. The fraction of sp³-hybridized carbons (Fsp3) is 0.250. The summed E-state index contributed by atoms with van der Waals surface area (Å²) < 4.78 is 4.85. The lowest BCUT2D eigenvalue weighted by molar-refractivity contribution is -0.214. The van der Waals surface area contributed by atoms with Crippen molar-refractivity contribution in [3.8, 4) is 0 Å². The van der Waals surface area contributed by atoms with Crippen molar-refractivity contribution >= 4 is 18.0 Å². The summed E-state index contributed by atoms with van der Waals surface area (Å²) in [6.45, 7) is 0. The van der Waals surface area contributed by atoms with E-state index in [1.807, 2.05) is 6.07 Å². The minimum atomic E-state index is -2.13. The summed E-state index contributed by atoms with van der Waals surface area (Å²) in [4.78, 5) is 43.3. The maximum atomic E-state index is 12.6. The number of rotatable bonds is 6. The van der Waals surface area contributed by atoms with Gasteiger partial charge < -0.3 is 20.6 Å². The van der Waals surface area contributed by atoms with E-state index in [9.17, 15) is 19.5 Å². The van der Waals surface area contributed by atoms with Gasteiger partial charge in [-0.15, -0.1) is 0 Å². The Hall–Kier alpha value is -3.20. The average molecular weight is 344 g/mol. The van der Waals surface area contributed by atoms with Crippen molar-refractivity contribution in [1.82, 2.24) is 14.9 Å². The Morgan fingerprint density at radius 3 is 2.64 bits per heavy atom. The van der Waals surface area contributed by atoms with E-state index in [-0.39, 0.29) is 12.8 Å². The molecular formula is C16H16N4O5. The average Bonchev–Trinajstić information content (AvgIpc) is 3.07. The van der Waals surface area contributed by atoms with E-state index < -0.39 is 29.7 Å². The number of carbonyl (C=O) groups excluding carboxylic acids is 2. The van der Waals surface area contributed by atoms with Crippen LogP contribution in [0.25, 0.3) is 0 Å². The van der Waals surface area contributed by atoms with Crippen LogP contribution in [-0.4, -0.2) is 49.7 Å². The number of imidazole rings is 1. The number of aromatic nitrogens is 2. The molecule has 3 rings (SSSR count). The number of hydrogen-bond acceptors (Lipinski definition) is 6. The lowest BCUT2D eigenvalue weighted by atomic mass is 9.99. The molecule has 9 heteroatoms. The molecule has 2 amide bonds. The summed E-state index contributed by atoms with van der Waals surface area (Å²) in [5, 5.41) is 9.54. The number of amides is 2. The maximum absolute atomic E-state index is 12.6. The molecular weight excluding hydrogens is 328 g/mol. The number of carboxylic acids is 1. The van der Waals surface area contributed by atoms with Crippen LogP contribution in [0.4, 0.5) is 4.79 Å². The van der Waals surface area contributed by atoms with E-state index in [0.29, 0.717) is 10.6 Å². The van der Waals surface area contributed by atoms with E-state index in [2.05, 4.69) is 9.97 Å². The van der Waals surface area contributed by atoms with E-state index in [1.54, 1.807) is 24.3 Å². The third kappa shape index (κ3) is 2.96. The summed E-state index contributed by atoms with van der Waals surface area (Å²) in [7, 11) is 0. The van der Waals surface area contributed by atoms with E-state index in [1.165, 1.54) is 12.5 Å². The number of ether oxygens (including phenoxy) is 1. The zero-order valence-electron chi connectivity index (χ0n) is 13.1. The van der Waals surface area contributed by atoms with Crippen molar-refractivity contribution in [2.24, 2.45) is 5.73 Å². The molecule has 2 aromatic rings. The molecule has 0 saturated carbocycles. The largest absolute Gasteiger partial charge is 0.477 e. The Kier molecular flexibility index (Phi) is 4.24. The lowest BCUT2D eigenvalue weighted by Crippen LogP contribution is -2.74. The first-order chi connectivity index (χ1) is 11.9. The van der Waals surface area contributed by atoms with Crippen molar-refractivity contribution in [3.63, 3.8) is 0 Å². The molecule has 2 heterocycles. The van der Waals surface area contributed by atoms with Gasteiger partial charge >= 0.3 is 17.8 Å². The summed E-state index contributed by atoms with van der Waals surface area (Å²) >= 11 is 0. The number of hydrogen-bond donors (Lipinski definition) is 3. The van der Waals surface area contributed by atoms with Crippen LogP contribution in [0.3, 0.4) is 0 Å². The van der Waals surface area contributed by atoms with Crippen LogP contribution in [0.5, 0.6) is 0 Å². The Morgan fingerprint density at radius 1 is 1.36 bits per heavy atom. The van der Waals surface area contributed by atoms with Crippen molar-refractivity contribution in [3.05, 3.63) is 54.1 Å². The van der Waals surface area contributed by atoms with Gasteiger partial charge in [0, 0.05) is 6.20 Å². The molecule has 1 aromatic carbocycles. The standard InChI is InChI=1S/C16H16N4O5/c17-12(6-10-4-2-1-3-5-10)13(21)20-15(24)25-16(20,14(22)23)7-11-8-18-9-19-11/h1-5,8-9,12H,6-7,17H2,(H,18,19)(H,22,23)/t12-,16+/m0/s1. The van der Waals surface area contributed by atoms with Crippen LogP contribution in [0.1, 0.15) is 11.3 Å². The van der Waals surface area contributed by atoms with Gasteiger partial charge in [-0.1, -0.05) is 30.3 Å². The molecule has 1 aliphatic heterocycles. The SMILES string of the molecule is N[C@@H](Cc1ccccc1)C(=O)N1C(=O)O[C@]1(Cc1c[nH]cn1)C(=O)O. The molecule has 9 nitrogen and oxygen atoms in total. The minimum Gasteiger partial charge on any atom is -0.477 e. The Morgan fingerprint density at radius 2 is 2.08 bits per heavy atom. The second-order valence-corrected chi connectivity index (χ2v) is 5.66. The third-order valence-corrected chi connectivity index (χ3v) is 3.95. The number of nitrogens with zero attached hydrogens (tertiary/aromatic N) is 2. The molecule has 4 N–H and O–H groups in total. The van der Waals surface area contributed by atoms with Crippen molar-refractivity contribution in [2.75, 3.05) is 0 Å². The molecule has 0 bridgehead atoms. The predicted molar refractivity (Wildman–Crippen MR) is 84.1 cm³/mol. The number of aliphatic carboxylic acids is 1. The number of imide groups is 1. The minimum absolute atomic E-state index is 0.168. The first-order valence-corrected chi connectivity index (χ1v) is 7.51. The Balaban J connectivity index is 1.81. The van der Waals surface area contributed by atoms with E-state index >= 15 is 0 Å². The smallest absolute Gasteiger partial charge is 0.423 e. The highest BCUT2D eigenvalue weighted by Gasteiger charge is 2.64. The Labute approximate surface area is 142 Å². The van der Waals surface area contributed by atoms with Crippen LogP contribution in [0, 0.1) is 0 Å².